The van der Waals surface area contributed by atoms with Crippen LogP contribution in [0.3, 0.4) is 0 Å². The third-order valence-corrected chi connectivity index (χ3v) is 5.14. The molecule has 0 spiro atoms. The molecule has 1 saturated heterocycles. The number of rotatable bonds is 3. The van der Waals surface area contributed by atoms with Gasteiger partial charge in [-0.2, -0.15) is 4.98 Å². The topological polar surface area (TPSA) is 59.2 Å². The van der Waals surface area contributed by atoms with Gasteiger partial charge in [-0.25, -0.2) is 4.39 Å². The van der Waals surface area contributed by atoms with Crippen molar-refractivity contribution in [1.82, 2.24) is 10.1 Å². The van der Waals surface area contributed by atoms with Crippen molar-refractivity contribution in [2.45, 2.75) is 33.1 Å². The van der Waals surface area contributed by atoms with Gasteiger partial charge in [0, 0.05) is 30.1 Å². The molecule has 4 rings (SSSR count). The summed E-state index contributed by atoms with van der Waals surface area (Å²) in [6.45, 7) is 6.23. The molecule has 0 aliphatic carbocycles. The number of aryl methyl sites for hydroxylation is 3. The van der Waals surface area contributed by atoms with Gasteiger partial charge in [-0.05, 0) is 67.8 Å². The van der Waals surface area contributed by atoms with E-state index in [2.05, 4.69) is 10.1 Å². The molecule has 1 aliphatic rings. The molecule has 1 unspecified atom stereocenters. The van der Waals surface area contributed by atoms with E-state index in [-0.39, 0.29) is 17.6 Å². The zero-order chi connectivity index (χ0) is 19.1. The number of benzene rings is 2. The highest BCUT2D eigenvalue weighted by molar-refractivity contribution is 5.96. The van der Waals surface area contributed by atoms with Crippen LogP contribution < -0.4 is 4.90 Å². The normalized spacial score (nSPS) is 17.0. The zero-order valence-electron chi connectivity index (χ0n) is 15.5. The summed E-state index contributed by atoms with van der Waals surface area (Å²) < 4.78 is 18.9. The Labute approximate surface area is 156 Å². The van der Waals surface area contributed by atoms with Crippen molar-refractivity contribution in [3.63, 3.8) is 0 Å². The average Bonchev–Trinajstić information content (AvgIpc) is 3.27. The molecule has 1 atom stereocenters. The molecule has 2 aromatic carbocycles. The van der Waals surface area contributed by atoms with Crippen molar-refractivity contribution < 1.29 is 13.7 Å². The lowest BCUT2D eigenvalue weighted by Crippen LogP contribution is -2.24. The van der Waals surface area contributed by atoms with Gasteiger partial charge in [0.15, 0.2) is 5.82 Å². The Kier molecular flexibility index (Phi) is 4.26. The minimum atomic E-state index is -0.279. The van der Waals surface area contributed by atoms with Gasteiger partial charge in [-0.1, -0.05) is 11.2 Å². The fourth-order valence-electron chi connectivity index (χ4n) is 3.32. The Bertz CT molecular complexity index is 1030. The standard InChI is InChI=1S/C21H20FN3O2/c1-12-4-5-15(8-13(12)2)21-23-20(24-27-21)16-10-19(26)25(11-16)17-6-7-18(22)14(3)9-17/h4-9,16H,10-11H2,1-3H3. The summed E-state index contributed by atoms with van der Waals surface area (Å²) in [6, 6.07) is 10.7. The maximum atomic E-state index is 13.5. The van der Waals surface area contributed by atoms with E-state index in [9.17, 15) is 9.18 Å². The smallest absolute Gasteiger partial charge is 0.257 e. The first-order chi connectivity index (χ1) is 12.9. The minimum Gasteiger partial charge on any atom is -0.334 e. The van der Waals surface area contributed by atoms with E-state index in [4.69, 9.17) is 4.52 Å². The molecule has 1 aliphatic heterocycles. The van der Waals surface area contributed by atoms with Crippen molar-refractivity contribution in [3.05, 3.63) is 64.7 Å². The van der Waals surface area contributed by atoms with Crippen LogP contribution in [0.15, 0.2) is 40.9 Å². The molecule has 0 N–H and O–H groups in total. The molecular weight excluding hydrogens is 345 g/mol. The molecule has 1 aromatic heterocycles. The number of nitrogens with zero attached hydrogens (tertiary/aromatic N) is 3. The third kappa shape index (κ3) is 3.23. The minimum absolute atomic E-state index is 0.0245. The molecule has 138 valence electrons. The van der Waals surface area contributed by atoms with Crippen molar-refractivity contribution in [3.8, 4) is 11.5 Å². The van der Waals surface area contributed by atoms with Crippen LogP contribution in [0.25, 0.3) is 11.5 Å². The lowest BCUT2D eigenvalue weighted by Gasteiger charge is -2.16. The van der Waals surface area contributed by atoms with E-state index in [1.54, 1.807) is 24.0 Å². The fraction of sp³-hybridized carbons (Fsp3) is 0.286. The number of hydrogen-bond acceptors (Lipinski definition) is 4. The predicted molar refractivity (Wildman–Crippen MR) is 100 cm³/mol. The van der Waals surface area contributed by atoms with Gasteiger partial charge in [0.1, 0.15) is 5.82 Å². The van der Waals surface area contributed by atoms with Gasteiger partial charge in [0.2, 0.25) is 5.91 Å². The number of anilines is 1. The summed E-state index contributed by atoms with van der Waals surface area (Å²) in [7, 11) is 0. The molecule has 27 heavy (non-hydrogen) atoms. The Morgan fingerprint density at radius 3 is 2.63 bits per heavy atom. The molecule has 5 nitrogen and oxygen atoms in total. The van der Waals surface area contributed by atoms with Gasteiger partial charge in [0.25, 0.3) is 5.89 Å². The third-order valence-electron chi connectivity index (χ3n) is 5.14. The molecule has 0 radical (unpaired) electrons. The van der Waals surface area contributed by atoms with Crippen molar-refractivity contribution >= 4 is 11.6 Å². The van der Waals surface area contributed by atoms with E-state index in [1.807, 2.05) is 32.0 Å². The number of amides is 1. The summed E-state index contributed by atoms with van der Waals surface area (Å²) in [5, 5.41) is 4.10. The van der Waals surface area contributed by atoms with E-state index < -0.39 is 0 Å². The van der Waals surface area contributed by atoms with Crippen LogP contribution in [-0.2, 0) is 4.79 Å². The van der Waals surface area contributed by atoms with Gasteiger partial charge >= 0.3 is 0 Å². The van der Waals surface area contributed by atoms with E-state index in [0.717, 1.165) is 11.1 Å². The maximum Gasteiger partial charge on any atom is 0.257 e. The largest absolute Gasteiger partial charge is 0.334 e. The second kappa shape index (κ2) is 6.61. The lowest BCUT2D eigenvalue weighted by atomic mass is 10.1. The fourth-order valence-corrected chi connectivity index (χ4v) is 3.32. The molecule has 3 aromatic rings. The summed E-state index contributed by atoms with van der Waals surface area (Å²) in [5.74, 6) is 0.531. The van der Waals surface area contributed by atoms with Crippen molar-refractivity contribution in [1.29, 1.82) is 0 Å². The molecule has 1 amide bonds. The monoisotopic (exact) mass is 365 g/mol. The maximum absolute atomic E-state index is 13.5. The SMILES string of the molecule is Cc1ccc(-c2nc(C3CC(=O)N(c4ccc(F)c(C)c4)C3)no2)cc1C. The van der Waals surface area contributed by atoms with Crippen LogP contribution in [0.1, 0.15) is 34.9 Å². The number of hydrogen-bond donors (Lipinski definition) is 0. The Balaban J connectivity index is 1.56. The molecule has 0 bridgehead atoms. The number of carbonyl (C=O) groups is 1. The first-order valence-corrected chi connectivity index (χ1v) is 8.90. The second-order valence-corrected chi connectivity index (χ2v) is 7.10. The lowest BCUT2D eigenvalue weighted by molar-refractivity contribution is -0.117. The molecule has 1 fully saturated rings. The van der Waals surface area contributed by atoms with Crippen molar-refractivity contribution in [2.24, 2.45) is 0 Å². The summed E-state index contributed by atoms with van der Waals surface area (Å²) in [4.78, 5) is 18.6. The van der Waals surface area contributed by atoms with Gasteiger partial charge in [-0.3, -0.25) is 4.79 Å². The second-order valence-electron chi connectivity index (χ2n) is 7.10. The summed E-state index contributed by atoms with van der Waals surface area (Å²) >= 11 is 0. The highest BCUT2D eigenvalue weighted by atomic mass is 19.1. The Morgan fingerprint density at radius 1 is 1.07 bits per heavy atom. The quantitative estimate of drug-likeness (QED) is 0.693. The van der Waals surface area contributed by atoms with Crippen molar-refractivity contribution in [2.75, 3.05) is 11.4 Å². The van der Waals surface area contributed by atoms with E-state index >= 15 is 0 Å². The number of halogens is 1. The molecule has 2 heterocycles. The predicted octanol–water partition coefficient (Wildman–Crippen LogP) is 4.32. The highest BCUT2D eigenvalue weighted by Crippen LogP contribution is 2.32. The van der Waals surface area contributed by atoms with Crippen LogP contribution in [0.4, 0.5) is 10.1 Å². The van der Waals surface area contributed by atoms with E-state index in [1.165, 1.54) is 11.6 Å². The van der Waals surface area contributed by atoms with E-state index in [0.29, 0.717) is 35.9 Å². The Hall–Kier alpha value is -3.02. The van der Waals surface area contributed by atoms with Gasteiger partial charge in [-0.15, -0.1) is 0 Å². The van der Waals surface area contributed by atoms with Crippen LogP contribution in [0.2, 0.25) is 0 Å². The first-order valence-electron chi connectivity index (χ1n) is 8.90. The van der Waals surface area contributed by atoms with Gasteiger partial charge in [0.05, 0.1) is 0 Å². The Morgan fingerprint density at radius 2 is 1.89 bits per heavy atom. The number of carbonyl (C=O) groups excluding carboxylic acids is 1. The van der Waals surface area contributed by atoms with Crippen LogP contribution >= 0.6 is 0 Å². The van der Waals surface area contributed by atoms with Gasteiger partial charge < -0.3 is 9.42 Å². The first kappa shape index (κ1) is 17.4. The summed E-state index contributed by atoms with van der Waals surface area (Å²) in [5.41, 5.74) is 4.43. The highest BCUT2D eigenvalue weighted by Gasteiger charge is 2.34. The molecular formula is C21H20FN3O2. The zero-order valence-corrected chi connectivity index (χ0v) is 15.5. The molecule has 0 saturated carbocycles. The average molecular weight is 365 g/mol. The molecule has 6 heteroatoms. The number of aromatic nitrogens is 2. The van der Waals surface area contributed by atoms with Crippen LogP contribution in [0.5, 0.6) is 0 Å². The van der Waals surface area contributed by atoms with Crippen LogP contribution in [-0.4, -0.2) is 22.6 Å². The summed E-state index contributed by atoms with van der Waals surface area (Å²) in [6.07, 6.45) is 0.308. The van der Waals surface area contributed by atoms with Crippen LogP contribution in [0, 0.1) is 26.6 Å².